The molecule has 0 saturated carbocycles. The summed E-state index contributed by atoms with van der Waals surface area (Å²) in [6, 6.07) is 6.98. The first-order valence-electron chi connectivity index (χ1n) is 6.86. The second-order valence-corrected chi connectivity index (χ2v) is 4.78. The SMILES string of the molecule is COc1ccc(C(=O)CCC(=O)N2CCNCC2)cc1. The first kappa shape index (κ1) is 14.5. The molecule has 1 fully saturated rings. The van der Waals surface area contributed by atoms with E-state index in [0.717, 1.165) is 31.9 Å². The van der Waals surface area contributed by atoms with Crippen LogP contribution < -0.4 is 10.1 Å². The molecule has 1 saturated heterocycles. The second-order valence-electron chi connectivity index (χ2n) is 4.78. The first-order valence-corrected chi connectivity index (χ1v) is 6.86. The van der Waals surface area contributed by atoms with Gasteiger partial charge >= 0.3 is 0 Å². The van der Waals surface area contributed by atoms with Crippen LogP contribution in [0.1, 0.15) is 23.2 Å². The van der Waals surface area contributed by atoms with E-state index in [9.17, 15) is 9.59 Å². The fourth-order valence-corrected chi connectivity index (χ4v) is 2.21. The zero-order chi connectivity index (χ0) is 14.4. The fourth-order valence-electron chi connectivity index (χ4n) is 2.21. The van der Waals surface area contributed by atoms with Crippen molar-refractivity contribution in [3.05, 3.63) is 29.8 Å². The van der Waals surface area contributed by atoms with Crippen molar-refractivity contribution >= 4 is 11.7 Å². The number of ketones is 1. The van der Waals surface area contributed by atoms with Gasteiger partial charge in [-0.3, -0.25) is 9.59 Å². The molecule has 0 unspecified atom stereocenters. The van der Waals surface area contributed by atoms with E-state index in [1.54, 1.807) is 31.4 Å². The summed E-state index contributed by atoms with van der Waals surface area (Å²) in [4.78, 5) is 25.8. The number of carbonyl (C=O) groups excluding carboxylic acids is 2. The Bertz CT molecular complexity index is 465. The van der Waals surface area contributed by atoms with E-state index in [2.05, 4.69) is 5.32 Å². The highest BCUT2D eigenvalue weighted by molar-refractivity contribution is 5.98. The summed E-state index contributed by atoms with van der Waals surface area (Å²) >= 11 is 0. The van der Waals surface area contributed by atoms with E-state index >= 15 is 0 Å². The number of amides is 1. The highest BCUT2D eigenvalue weighted by atomic mass is 16.5. The summed E-state index contributed by atoms with van der Waals surface area (Å²) in [5.74, 6) is 0.781. The van der Waals surface area contributed by atoms with Crippen molar-refractivity contribution in [1.29, 1.82) is 0 Å². The molecule has 2 rings (SSSR count). The lowest BCUT2D eigenvalue weighted by Crippen LogP contribution is -2.46. The summed E-state index contributed by atoms with van der Waals surface area (Å²) < 4.78 is 5.05. The number of carbonyl (C=O) groups is 2. The standard InChI is InChI=1S/C15H20N2O3/c1-20-13-4-2-12(3-5-13)14(18)6-7-15(19)17-10-8-16-9-11-17/h2-5,16H,6-11H2,1H3. The number of methoxy groups -OCH3 is 1. The maximum absolute atomic E-state index is 12.0. The number of ether oxygens (including phenoxy) is 1. The quantitative estimate of drug-likeness (QED) is 0.818. The van der Waals surface area contributed by atoms with Crippen LogP contribution in [0.15, 0.2) is 24.3 Å². The van der Waals surface area contributed by atoms with Crippen molar-refractivity contribution in [3.63, 3.8) is 0 Å². The Balaban J connectivity index is 1.83. The lowest BCUT2D eigenvalue weighted by atomic mass is 10.1. The average molecular weight is 276 g/mol. The van der Waals surface area contributed by atoms with Crippen LogP contribution >= 0.6 is 0 Å². The number of hydrogen-bond acceptors (Lipinski definition) is 4. The minimum atomic E-state index is -0.00358. The molecule has 20 heavy (non-hydrogen) atoms. The third-order valence-electron chi connectivity index (χ3n) is 3.45. The van der Waals surface area contributed by atoms with E-state index in [1.165, 1.54) is 0 Å². The van der Waals surface area contributed by atoms with E-state index in [0.29, 0.717) is 5.56 Å². The van der Waals surface area contributed by atoms with Gasteiger partial charge in [-0.05, 0) is 24.3 Å². The molecule has 0 atom stereocenters. The molecule has 0 aliphatic carbocycles. The van der Waals surface area contributed by atoms with E-state index < -0.39 is 0 Å². The number of rotatable bonds is 5. The lowest BCUT2D eigenvalue weighted by molar-refractivity contribution is -0.131. The van der Waals surface area contributed by atoms with E-state index in [-0.39, 0.29) is 24.5 Å². The second kappa shape index (κ2) is 7.05. The molecular weight excluding hydrogens is 256 g/mol. The topological polar surface area (TPSA) is 58.6 Å². The normalized spacial score (nSPS) is 14.9. The number of Topliss-reactive ketones (excluding diaryl/α,β-unsaturated/α-hetero) is 1. The van der Waals surface area contributed by atoms with Gasteiger partial charge in [-0.1, -0.05) is 0 Å². The maximum atomic E-state index is 12.0. The van der Waals surface area contributed by atoms with Crippen LogP contribution in [0.3, 0.4) is 0 Å². The van der Waals surface area contributed by atoms with Crippen molar-refractivity contribution < 1.29 is 14.3 Å². The van der Waals surface area contributed by atoms with Crippen LogP contribution in [0, 0.1) is 0 Å². The number of hydrogen-bond donors (Lipinski definition) is 1. The zero-order valence-corrected chi connectivity index (χ0v) is 11.7. The van der Waals surface area contributed by atoms with Crippen LogP contribution in [0.4, 0.5) is 0 Å². The molecular formula is C15H20N2O3. The number of nitrogens with zero attached hydrogens (tertiary/aromatic N) is 1. The van der Waals surface area contributed by atoms with Gasteiger partial charge in [0.1, 0.15) is 5.75 Å². The Morgan fingerprint density at radius 1 is 1.15 bits per heavy atom. The van der Waals surface area contributed by atoms with Crippen molar-refractivity contribution in [1.82, 2.24) is 10.2 Å². The average Bonchev–Trinajstić information content (AvgIpc) is 2.53. The minimum Gasteiger partial charge on any atom is -0.497 e. The Kier molecular flexibility index (Phi) is 5.12. The van der Waals surface area contributed by atoms with Gasteiger partial charge in [0.05, 0.1) is 7.11 Å². The first-order chi connectivity index (χ1) is 9.70. The van der Waals surface area contributed by atoms with E-state index in [1.807, 2.05) is 4.90 Å². The van der Waals surface area contributed by atoms with Gasteiger partial charge in [-0.25, -0.2) is 0 Å². The third kappa shape index (κ3) is 3.81. The predicted octanol–water partition coefficient (Wildman–Crippen LogP) is 1.09. The molecule has 1 N–H and O–H groups in total. The van der Waals surface area contributed by atoms with Crippen molar-refractivity contribution in [2.24, 2.45) is 0 Å². The largest absolute Gasteiger partial charge is 0.497 e. The molecule has 108 valence electrons. The van der Waals surface area contributed by atoms with Gasteiger partial charge in [0.15, 0.2) is 5.78 Å². The monoisotopic (exact) mass is 276 g/mol. The molecule has 0 bridgehead atoms. The van der Waals surface area contributed by atoms with Crippen molar-refractivity contribution in [2.45, 2.75) is 12.8 Å². The Labute approximate surface area is 118 Å². The highest BCUT2D eigenvalue weighted by Crippen LogP contribution is 2.13. The molecule has 1 heterocycles. The molecule has 1 aromatic rings. The molecule has 0 radical (unpaired) electrons. The fraction of sp³-hybridized carbons (Fsp3) is 0.467. The van der Waals surface area contributed by atoms with E-state index in [4.69, 9.17) is 4.74 Å². The molecule has 1 amide bonds. The summed E-state index contributed by atoms with van der Waals surface area (Å²) in [6.45, 7) is 3.13. The van der Waals surface area contributed by atoms with Gasteiger partial charge in [0.2, 0.25) is 5.91 Å². The number of piperazine rings is 1. The van der Waals surface area contributed by atoms with Gasteiger partial charge < -0.3 is 15.0 Å². The highest BCUT2D eigenvalue weighted by Gasteiger charge is 2.17. The molecule has 1 aliphatic heterocycles. The molecule has 0 aromatic heterocycles. The molecule has 1 aliphatic rings. The number of benzene rings is 1. The van der Waals surface area contributed by atoms with Gasteiger partial charge in [0, 0.05) is 44.6 Å². The Morgan fingerprint density at radius 2 is 1.80 bits per heavy atom. The maximum Gasteiger partial charge on any atom is 0.223 e. The summed E-state index contributed by atoms with van der Waals surface area (Å²) in [5, 5.41) is 3.20. The summed E-state index contributed by atoms with van der Waals surface area (Å²) in [5.41, 5.74) is 0.624. The van der Waals surface area contributed by atoms with Crippen LogP contribution in [0.5, 0.6) is 5.75 Å². The summed E-state index contributed by atoms with van der Waals surface area (Å²) in [6.07, 6.45) is 0.542. The lowest BCUT2D eigenvalue weighted by Gasteiger charge is -2.27. The smallest absolute Gasteiger partial charge is 0.223 e. The Morgan fingerprint density at radius 3 is 2.40 bits per heavy atom. The molecule has 5 nitrogen and oxygen atoms in total. The molecule has 0 spiro atoms. The van der Waals surface area contributed by atoms with Crippen molar-refractivity contribution in [2.75, 3.05) is 33.3 Å². The van der Waals surface area contributed by atoms with Crippen LogP contribution in [0.2, 0.25) is 0 Å². The van der Waals surface area contributed by atoms with Gasteiger partial charge in [-0.15, -0.1) is 0 Å². The molecule has 5 heteroatoms. The number of nitrogens with one attached hydrogen (secondary N) is 1. The zero-order valence-electron chi connectivity index (χ0n) is 11.7. The van der Waals surface area contributed by atoms with Crippen LogP contribution in [0.25, 0.3) is 0 Å². The van der Waals surface area contributed by atoms with Crippen molar-refractivity contribution in [3.8, 4) is 5.75 Å². The van der Waals surface area contributed by atoms with Gasteiger partial charge in [-0.2, -0.15) is 0 Å². The van der Waals surface area contributed by atoms with Crippen LogP contribution in [-0.2, 0) is 4.79 Å². The van der Waals surface area contributed by atoms with Crippen LogP contribution in [-0.4, -0.2) is 49.9 Å². The predicted molar refractivity (Wildman–Crippen MR) is 76.0 cm³/mol. The molecule has 1 aromatic carbocycles. The minimum absolute atomic E-state index is 0.00358. The third-order valence-corrected chi connectivity index (χ3v) is 3.45. The van der Waals surface area contributed by atoms with Gasteiger partial charge in [0.25, 0.3) is 0 Å². The summed E-state index contributed by atoms with van der Waals surface area (Å²) in [7, 11) is 1.59. The Hall–Kier alpha value is -1.88.